The molecule has 2 aromatic carbocycles. The van der Waals surface area contributed by atoms with E-state index in [0.29, 0.717) is 29.6 Å². The number of halogens is 1. The van der Waals surface area contributed by atoms with Crippen LogP contribution in [0.4, 0.5) is 4.39 Å². The summed E-state index contributed by atoms with van der Waals surface area (Å²) in [6.45, 7) is -0.271. The highest BCUT2D eigenvalue weighted by molar-refractivity contribution is 5.79. The van der Waals surface area contributed by atoms with Crippen molar-refractivity contribution in [3.05, 3.63) is 76.1 Å². The summed E-state index contributed by atoms with van der Waals surface area (Å²) in [5.74, 6) is -0.913. The second-order valence-corrected chi connectivity index (χ2v) is 5.46. The Morgan fingerprint density at radius 3 is 2.50 bits per heavy atom. The van der Waals surface area contributed by atoms with E-state index in [1.165, 1.54) is 12.1 Å². The predicted molar refractivity (Wildman–Crippen MR) is 87.4 cm³/mol. The number of carboxylic acid groups (broad SMARTS) is 1. The number of rotatable bonds is 5. The highest BCUT2D eigenvalue weighted by atomic mass is 19.1. The average Bonchev–Trinajstić information content (AvgIpc) is 2.57. The van der Waals surface area contributed by atoms with Crippen molar-refractivity contribution in [2.24, 2.45) is 0 Å². The number of fused-ring (bicyclic) bond motifs is 1. The molecule has 0 atom stereocenters. The molecule has 0 aliphatic heterocycles. The predicted octanol–water partition coefficient (Wildman–Crippen LogP) is 2.41. The number of carboxylic acids is 1. The smallest absolute Gasteiger partial charge is 0.323 e. The first kappa shape index (κ1) is 15.9. The van der Waals surface area contributed by atoms with Crippen LogP contribution in [0.2, 0.25) is 0 Å². The molecule has 1 aromatic heterocycles. The Labute approximate surface area is 137 Å². The molecule has 0 aliphatic carbocycles. The average molecular weight is 326 g/mol. The van der Waals surface area contributed by atoms with E-state index in [1.807, 2.05) is 0 Å². The van der Waals surface area contributed by atoms with Crippen LogP contribution in [-0.2, 0) is 24.2 Å². The Balaban J connectivity index is 2.00. The standard InChI is InChI=1S/C18H15FN2O3/c19-13-8-5-12(6-9-13)7-10-16-20-18(24)14-3-1-2-4-15(14)21(16)11-17(22)23/h1-6,8-9H,7,10-11H2,(H,22,23). The van der Waals surface area contributed by atoms with E-state index in [9.17, 15) is 14.0 Å². The molecule has 1 N–H and O–H groups in total. The summed E-state index contributed by atoms with van der Waals surface area (Å²) in [5.41, 5.74) is 1.07. The van der Waals surface area contributed by atoms with Crippen LogP contribution in [0.3, 0.4) is 0 Å². The molecule has 0 saturated heterocycles. The summed E-state index contributed by atoms with van der Waals surface area (Å²) in [6.07, 6.45) is 0.920. The van der Waals surface area contributed by atoms with Gasteiger partial charge in [0.15, 0.2) is 0 Å². The number of para-hydroxylation sites is 1. The SMILES string of the molecule is O=C(O)Cn1c(CCc2ccc(F)cc2)nc(=O)c2ccccc21. The van der Waals surface area contributed by atoms with Crippen molar-refractivity contribution in [1.82, 2.24) is 9.55 Å². The topological polar surface area (TPSA) is 72.2 Å². The third-order valence-electron chi connectivity index (χ3n) is 3.81. The van der Waals surface area contributed by atoms with Gasteiger partial charge in [0.05, 0.1) is 10.9 Å². The third kappa shape index (κ3) is 3.32. The van der Waals surface area contributed by atoms with Gasteiger partial charge in [0.25, 0.3) is 5.56 Å². The fourth-order valence-corrected chi connectivity index (χ4v) is 2.68. The van der Waals surface area contributed by atoms with Gasteiger partial charge in [0.1, 0.15) is 18.2 Å². The van der Waals surface area contributed by atoms with Gasteiger partial charge >= 0.3 is 5.97 Å². The van der Waals surface area contributed by atoms with E-state index < -0.39 is 5.97 Å². The second-order valence-electron chi connectivity index (χ2n) is 5.46. The maximum Gasteiger partial charge on any atom is 0.323 e. The van der Waals surface area contributed by atoms with E-state index in [0.717, 1.165) is 5.56 Å². The monoisotopic (exact) mass is 326 g/mol. The van der Waals surface area contributed by atoms with Crippen molar-refractivity contribution >= 4 is 16.9 Å². The number of aliphatic carboxylic acids is 1. The molecule has 0 spiro atoms. The number of carbonyl (C=O) groups is 1. The molecule has 0 fully saturated rings. The molecule has 5 nitrogen and oxygen atoms in total. The molecule has 0 radical (unpaired) electrons. The Kier molecular flexibility index (Phi) is 4.37. The minimum Gasteiger partial charge on any atom is -0.480 e. The van der Waals surface area contributed by atoms with Crippen molar-refractivity contribution < 1.29 is 14.3 Å². The number of hydrogen-bond acceptors (Lipinski definition) is 3. The Morgan fingerprint density at radius 2 is 1.79 bits per heavy atom. The second kappa shape index (κ2) is 6.62. The Bertz CT molecular complexity index is 949. The maximum absolute atomic E-state index is 13.0. The normalized spacial score (nSPS) is 10.9. The van der Waals surface area contributed by atoms with Crippen molar-refractivity contribution in [3.63, 3.8) is 0 Å². The third-order valence-corrected chi connectivity index (χ3v) is 3.81. The largest absolute Gasteiger partial charge is 0.480 e. The number of nitrogens with zero attached hydrogens (tertiary/aromatic N) is 2. The molecular formula is C18H15FN2O3. The van der Waals surface area contributed by atoms with Gasteiger partial charge in [-0.05, 0) is 36.2 Å². The fourth-order valence-electron chi connectivity index (χ4n) is 2.68. The summed E-state index contributed by atoms with van der Waals surface area (Å²) in [5, 5.41) is 9.56. The molecule has 122 valence electrons. The van der Waals surface area contributed by atoms with E-state index >= 15 is 0 Å². The van der Waals surface area contributed by atoms with Gasteiger partial charge in [-0.1, -0.05) is 24.3 Å². The van der Waals surface area contributed by atoms with Crippen LogP contribution in [0.1, 0.15) is 11.4 Å². The molecule has 24 heavy (non-hydrogen) atoms. The lowest BCUT2D eigenvalue weighted by Crippen LogP contribution is -2.22. The number of aromatic nitrogens is 2. The van der Waals surface area contributed by atoms with E-state index in [2.05, 4.69) is 4.98 Å². The lowest BCUT2D eigenvalue weighted by molar-refractivity contribution is -0.137. The minimum atomic E-state index is -1.01. The molecule has 3 aromatic rings. The molecule has 0 bridgehead atoms. The van der Waals surface area contributed by atoms with Crippen LogP contribution >= 0.6 is 0 Å². The summed E-state index contributed by atoms with van der Waals surface area (Å²) in [7, 11) is 0. The Hall–Kier alpha value is -3.02. The molecule has 0 aliphatic rings. The summed E-state index contributed by atoms with van der Waals surface area (Å²) in [4.78, 5) is 27.4. The Morgan fingerprint density at radius 1 is 1.08 bits per heavy atom. The number of aryl methyl sites for hydroxylation is 2. The maximum atomic E-state index is 13.0. The van der Waals surface area contributed by atoms with Gasteiger partial charge in [-0.15, -0.1) is 0 Å². The van der Waals surface area contributed by atoms with Crippen LogP contribution < -0.4 is 5.56 Å². The van der Waals surface area contributed by atoms with Crippen LogP contribution in [0.25, 0.3) is 10.9 Å². The van der Waals surface area contributed by atoms with Crippen molar-refractivity contribution in [3.8, 4) is 0 Å². The van der Waals surface area contributed by atoms with Crippen LogP contribution in [0, 0.1) is 5.82 Å². The quantitative estimate of drug-likeness (QED) is 0.781. The molecular weight excluding hydrogens is 311 g/mol. The van der Waals surface area contributed by atoms with Crippen LogP contribution in [-0.4, -0.2) is 20.6 Å². The fraction of sp³-hybridized carbons (Fsp3) is 0.167. The van der Waals surface area contributed by atoms with Crippen LogP contribution in [0.15, 0.2) is 53.3 Å². The van der Waals surface area contributed by atoms with E-state index in [1.54, 1.807) is 41.0 Å². The first-order chi connectivity index (χ1) is 11.5. The van der Waals surface area contributed by atoms with Gasteiger partial charge in [-0.2, -0.15) is 4.98 Å². The number of hydrogen-bond donors (Lipinski definition) is 1. The van der Waals surface area contributed by atoms with Crippen molar-refractivity contribution in [2.75, 3.05) is 0 Å². The van der Waals surface area contributed by atoms with E-state index in [4.69, 9.17) is 5.11 Å². The summed E-state index contributed by atoms with van der Waals surface area (Å²) < 4.78 is 14.5. The highest BCUT2D eigenvalue weighted by Gasteiger charge is 2.13. The zero-order valence-corrected chi connectivity index (χ0v) is 12.8. The van der Waals surface area contributed by atoms with Gasteiger partial charge in [-0.25, -0.2) is 4.39 Å². The minimum absolute atomic E-state index is 0.271. The van der Waals surface area contributed by atoms with Gasteiger partial charge < -0.3 is 9.67 Å². The van der Waals surface area contributed by atoms with Gasteiger partial charge in [0.2, 0.25) is 0 Å². The molecule has 1 heterocycles. The lowest BCUT2D eigenvalue weighted by Gasteiger charge is -2.14. The van der Waals surface area contributed by atoms with Gasteiger partial charge in [-0.3, -0.25) is 9.59 Å². The lowest BCUT2D eigenvalue weighted by atomic mass is 10.1. The summed E-state index contributed by atoms with van der Waals surface area (Å²) in [6, 6.07) is 12.9. The molecule has 0 amide bonds. The summed E-state index contributed by atoms with van der Waals surface area (Å²) >= 11 is 0. The molecule has 6 heteroatoms. The highest BCUT2D eigenvalue weighted by Crippen LogP contribution is 2.14. The van der Waals surface area contributed by atoms with Crippen molar-refractivity contribution in [1.29, 1.82) is 0 Å². The molecule has 0 saturated carbocycles. The molecule has 0 unspecified atom stereocenters. The first-order valence-electron chi connectivity index (χ1n) is 7.49. The molecule has 3 rings (SSSR count). The van der Waals surface area contributed by atoms with E-state index in [-0.39, 0.29) is 17.9 Å². The van der Waals surface area contributed by atoms with Gasteiger partial charge in [0, 0.05) is 6.42 Å². The number of benzene rings is 2. The zero-order chi connectivity index (χ0) is 17.1. The van der Waals surface area contributed by atoms with Crippen molar-refractivity contribution in [2.45, 2.75) is 19.4 Å². The van der Waals surface area contributed by atoms with Crippen LogP contribution in [0.5, 0.6) is 0 Å². The first-order valence-corrected chi connectivity index (χ1v) is 7.49. The zero-order valence-electron chi connectivity index (χ0n) is 12.8.